The topological polar surface area (TPSA) is 49.4 Å². The number of rotatable bonds is 6. The van der Waals surface area contributed by atoms with Crippen LogP contribution in [-0.2, 0) is 9.59 Å². The number of amides is 1. The molecule has 1 rings (SSSR count). The van der Waals surface area contributed by atoms with Gasteiger partial charge >= 0.3 is 0 Å². The predicted octanol–water partition coefficient (Wildman–Crippen LogP) is 2.47. The molecule has 1 aliphatic rings. The average Bonchev–Trinajstić information content (AvgIpc) is 2.60. The standard InChI is InChI=1S/C17H32N2O2/c1-12(2)15-7-6-9-19(10-8-15)11-16(21)18-17(13(3)4)14(5)20/h12-13,15,17H,6-11H2,1-5H3,(H,18,21). The number of Topliss-reactive ketones (excluding diaryl/α,β-unsaturated/α-hetero) is 1. The highest BCUT2D eigenvalue weighted by atomic mass is 16.2. The molecule has 21 heavy (non-hydrogen) atoms. The summed E-state index contributed by atoms with van der Waals surface area (Å²) in [7, 11) is 0. The highest BCUT2D eigenvalue weighted by Crippen LogP contribution is 2.24. The fourth-order valence-electron chi connectivity index (χ4n) is 3.17. The van der Waals surface area contributed by atoms with Gasteiger partial charge in [-0.15, -0.1) is 0 Å². The van der Waals surface area contributed by atoms with Crippen molar-refractivity contribution in [3.05, 3.63) is 0 Å². The summed E-state index contributed by atoms with van der Waals surface area (Å²) < 4.78 is 0. The summed E-state index contributed by atoms with van der Waals surface area (Å²) >= 11 is 0. The third-order valence-electron chi connectivity index (χ3n) is 4.60. The van der Waals surface area contributed by atoms with E-state index in [1.165, 1.54) is 12.8 Å². The molecule has 1 fully saturated rings. The quantitative estimate of drug-likeness (QED) is 0.819. The normalized spacial score (nSPS) is 22.1. The molecule has 4 heteroatoms. The van der Waals surface area contributed by atoms with Crippen LogP contribution < -0.4 is 5.32 Å². The highest BCUT2D eigenvalue weighted by Gasteiger charge is 2.24. The van der Waals surface area contributed by atoms with Crippen LogP contribution in [-0.4, -0.2) is 42.3 Å². The maximum atomic E-state index is 12.2. The highest BCUT2D eigenvalue weighted by molar-refractivity contribution is 5.88. The summed E-state index contributed by atoms with van der Waals surface area (Å²) in [5.41, 5.74) is 0. The molecule has 122 valence electrons. The number of likely N-dealkylation sites (tertiary alicyclic amines) is 1. The summed E-state index contributed by atoms with van der Waals surface area (Å²) in [5.74, 6) is 1.65. The lowest BCUT2D eigenvalue weighted by Gasteiger charge is -2.24. The lowest BCUT2D eigenvalue weighted by atomic mass is 9.89. The molecule has 1 aliphatic heterocycles. The molecule has 0 bridgehead atoms. The summed E-state index contributed by atoms with van der Waals surface area (Å²) in [6.45, 7) is 12.4. The maximum Gasteiger partial charge on any atom is 0.234 e. The first-order chi connectivity index (χ1) is 9.81. The van der Waals surface area contributed by atoms with Gasteiger partial charge in [0.25, 0.3) is 0 Å². The van der Waals surface area contributed by atoms with E-state index in [2.05, 4.69) is 24.1 Å². The van der Waals surface area contributed by atoms with Crippen molar-refractivity contribution in [3.63, 3.8) is 0 Å². The fraction of sp³-hybridized carbons (Fsp3) is 0.882. The minimum atomic E-state index is -0.354. The predicted molar refractivity (Wildman–Crippen MR) is 86.1 cm³/mol. The molecule has 2 atom stereocenters. The Kier molecular flexibility index (Phi) is 7.36. The number of carbonyl (C=O) groups is 2. The third-order valence-corrected chi connectivity index (χ3v) is 4.60. The summed E-state index contributed by atoms with van der Waals surface area (Å²) in [6, 6.07) is -0.354. The molecule has 1 amide bonds. The van der Waals surface area contributed by atoms with Gasteiger partial charge in [0.05, 0.1) is 12.6 Å². The summed E-state index contributed by atoms with van der Waals surface area (Å²) in [6.07, 6.45) is 3.60. The van der Waals surface area contributed by atoms with Gasteiger partial charge in [0, 0.05) is 0 Å². The monoisotopic (exact) mass is 296 g/mol. The number of ketones is 1. The molecule has 1 heterocycles. The van der Waals surface area contributed by atoms with Crippen molar-refractivity contribution >= 4 is 11.7 Å². The van der Waals surface area contributed by atoms with Gasteiger partial charge < -0.3 is 5.32 Å². The minimum absolute atomic E-state index is 0.0214. The van der Waals surface area contributed by atoms with Crippen LogP contribution in [0.1, 0.15) is 53.9 Å². The van der Waals surface area contributed by atoms with Crippen molar-refractivity contribution in [1.29, 1.82) is 0 Å². The molecular formula is C17H32N2O2. The van der Waals surface area contributed by atoms with Gasteiger partial charge in [-0.3, -0.25) is 14.5 Å². The van der Waals surface area contributed by atoms with E-state index in [-0.39, 0.29) is 23.7 Å². The Bertz CT molecular complexity index is 353. The van der Waals surface area contributed by atoms with Crippen LogP contribution in [0, 0.1) is 17.8 Å². The van der Waals surface area contributed by atoms with Crippen LogP contribution in [0.4, 0.5) is 0 Å². The number of carbonyl (C=O) groups excluding carboxylic acids is 2. The molecule has 1 saturated heterocycles. The first-order valence-electron chi connectivity index (χ1n) is 8.33. The average molecular weight is 296 g/mol. The molecule has 0 spiro atoms. The van der Waals surface area contributed by atoms with Crippen molar-refractivity contribution in [1.82, 2.24) is 10.2 Å². The largest absolute Gasteiger partial charge is 0.345 e. The molecule has 0 aromatic heterocycles. The van der Waals surface area contributed by atoms with E-state index in [4.69, 9.17) is 0 Å². The van der Waals surface area contributed by atoms with Crippen molar-refractivity contribution in [2.45, 2.75) is 59.9 Å². The van der Waals surface area contributed by atoms with Gasteiger partial charge in [-0.25, -0.2) is 0 Å². The van der Waals surface area contributed by atoms with Gasteiger partial charge in [-0.2, -0.15) is 0 Å². The minimum Gasteiger partial charge on any atom is -0.345 e. The molecular weight excluding hydrogens is 264 g/mol. The van der Waals surface area contributed by atoms with Gasteiger partial charge in [-0.05, 0) is 57.0 Å². The van der Waals surface area contributed by atoms with Gasteiger partial charge in [0.2, 0.25) is 5.91 Å². The second-order valence-corrected chi connectivity index (χ2v) is 7.11. The van der Waals surface area contributed by atoms with E-state index in [1.807, 2.05) is 13.8 Å². The SMILES string of the molecule is CC(=O)C(NC(=O)CN1CCCC(C(C)C)CC1)C(C)C. The first kappa shape index (κ1) is 18.1. The van der Waals surface area contributed by atoms with Crippen LogP contribution in [0.25, 0.3) is 0 Å². The number of nitrogens with one attached hydrogen (secondary N) is 1. The molecule has 0 aromatic carbocycles. The lowest BCUT2D eigenvalue weighted by molar-refractivity contribution is -0.128. The molecule has 1 N–H and O–H groups in total. The molecule has 0 saturated carbocycles. The lowest BCUT2D eigenvalue weighted by Crippen LogP contribution is -2.47. The molecule has 0 radical (unpaired) electrons. The molecule has 0 aliphatic carbocycles. The molecule has 4 nitrogen and oxygen atoms in total. The van der Waals surface area contributed by atoms with E-state index in [9.17, 15) is 9.59 Å². The maximum absolute atomic E-state index is 12.2. The van der Waals surface area contributed by atoms with Crippen molar-refractivity contribution < 1.29 is 9.59 Å². The summed E-state index contributed by atoms with van der Waals surface area (Å²) in [4.78, 5) is 25.9. The van der Waals surface area contributed by atoms with Crippen molar-refractivity contribution in [3.8, 4) is 0 Å². The van der Waals surface area contributed by atoms with Gasteiger partial charge in [0.15, 0.2) is 5.78 Å². The van der Waals surface area contributed by atoms with E-state index in [1.54, 1.807) is 6.92 Å². The van der Waals surface area contributed by atoms with Crippen LogP contribution in [0.5, 0.6) is 0 Å². The third kappa shape index (κ3) is 6.16. The Labute approximate surface area is 129 Å². The second kappa shape index (κ2) is 8.52. The Morgan fingerprint density at radius 1 is 1.14 bits per heavy atom. The first-order valence-corrected chi connectivity index (χ1v) is 8.33. The Hall–Kier alpha value is -0.900. The molecule has 2 unspecified atom stereocenters. The Balaban J connectivity index is 2.45. The second-order valence-electron chi connectivity index (χ2n) is 7.11. The van der Waals surface area contributed by atoms with Crippen LogP contribution in [0.15, 0.2) is 0 Å². The van der Waals surface area contributed by atoms with Crippen LogP contribution in [0.3, 0.4) is 0 Å². The Morgan fingerprint density at radius 3 is 2.33 bits per heavy atom. The van der Waals surface area contributed by atoms with E-state index in [0.717, 1.165) is 31.3 Å². The van der Waals surface area contributed by atoms with Crippen molar-refractivity contribution in [2.75, 3.05) is 19.6 Å². The fourth-order valence-corrected chi connectivity index (χ4v) is 3.17. The van der Waals surface area contributed by atoms with Crippen molar-refractivity contribution in [2.24, 2.45) is 17.8 Å². The smallest absolute Gasteiger partial charge is 0.234 e. The number of hydrogen-bond donors (Lipinski definition) is 1. The zero-order valence-electron chi connectivity index (χ0n) is 14.3. The van der Waals surface area contributed by atoms with Crippen LogP contribution in [0.2, 0.25) is 0 Å². The van der Waals surface area contributed by atoms with Crippen LogP contribution >= 0.6 is 0 Å². The number of hydrogen-bond acceptors (Lipinski definition) is 3. The Morgan fingerprint density at radius 2 is 1.81 bits per heavy atom. The molecule has 0 aromatic rings. The van der Waals surface area contributed by atoms with E-state index in [0.29, 0.717) is 6.54 Å². The zero-order chi connectivity index (χ0) is 16.0. The zero-order valence-corrected chi connectivity index (χ0v) is 14.3. The van der Waals surface area contributed by atoms with E-state index < -0.39 is 0 Å². The van der Waals surface area contributed by atoms with Gasteiger partial charge in [-0.1, -0.05) is 27.7 Å². The summed E-state index contributed by atoms with van der Waals surface area (Å²) in [5, 5.41) is 2.89. The number of nitrogens with zero attached hydrogens (tertiary/aromatic N) is 1. The van der Waals surface area contributed by atoms with Gasteiger partial charge in [0.1, 0.15) is 0 Å². The van der Waals surface area contributed by atoms with E-state index >= 15 is 0 Å².